The summed E-state index contributed by atoms with van der Waals surface area (Å²) in [5.74, 6) is 1.78. The maximum absolute atomic E-state index is 13.2. The van der Waals surface area contributed by atoms with Gasteiger partial charge in [0.25, 0.3) is 0 Å². The Morgan fingerprint density at radius 3 is 2.67 bits per heavy atom. The molecule has 2 N–H and O–H groups in total. The first-order chi connectivity index (χ1) is 11.8. The maximum atomic E-state index is 13.2. The van der Waals surface area contributed by atoms with E-state index in [4.69, 9.17) is 4.98 Å². The van der Waals surface area contributed by atoms with Crippen LogP contribution in [0.25, 0.3) is 11.3 Å². The van der Waals surface area contributed by atoms with Crippen molar-refractivity contribution >= 4 is 5.82 Å². The summed E-state index contributed by atoms with van der Waals surface area (Å²) >= 11 is 0. The second kappa shape index (κ2) is 6.45. The van der Waals surface area contributed by atoms with Crippen LogP contribution in [0, 0.1) is 5.82 Å². The van der Waals surface area contributed by atoms with Gasteiger partial charge in [0.15, 0.2) is 0 Å². The van der Waals surface area contributed by atoms with E-state index in [9.17, 15) is 4.39 Å². The number of halogens is 1. The number of fused-ring (bicyclic) bond motifs is 1. The fraction of sp³-hybridized carbons (Fsp3) is 0.211. The molecule has 4 nitrogen and oxygen atoms in total. The van der Waals surface area contributed by atoms with Gasteiger partial charge in [0, 0.05) is 25.2 Å². The van der Waals surface area contributed by atoms with Gasteiger partial charge in [0.1, 0.15) is 23.2 Å². The lowest BCUT2D eigenvalue weighted by Crippen LogP contribution is -2.28. The summed E-state index contributed by atoms with van der Waals surface area (Å²) in [4.78, 5) is 4.78. The Bertz CT molecular complexity index is 825. The summed E-state index contributed by atoms with van der Waals surface area (Å²) in [6, 6.07) is 16.8. The van der Waals surface area contributed by atoms with Gasteiger partial charge in [0.2, 0.25) is 0 Å². The highest BCUT2D eigenvalue weighted by Gasteiger charge is 2.20. The van der Waals surface area contributed by atoms with Crippen LogP contribution in [0.4, 0.5) is 10.2 Å². The number of benzene rings is 2. The Balaban J connectivity index is 1.70. The second-order valence-corrected chi connectivity index (χ2v) is 5.90. The number of rotatable bonds is 4. The van der Waals surface area contributed by atoms with Gasteiger partial charge in [0.05, 0.1) is 6.54 Å². The third-order valence-electron chi connectivity index (χ3n) is 4.26. The quantitative estimate of drug-likeness (QED) is 0.773. The Hall–Kier alpha value is -2.66. The first-order valence-electron chi connectivity index (χ1n) is 8.15. The zero-order valence-corrected chi connectivity index (χ0v) is 13.3. The molecule has 24 heavy (non-hydrogen) atoms. The van der Waals surface area contributed by atoms with Crippen LogP contribution in [0.3, 0.4) is 0 Å². The van der Waals surface area contributed by atoms with E-state index in [0.717, 1.165) is 49.1 Å². The fourth-order valence-corrected chi connectivity index (χ4v) is 3.04. The van der Waals surface area contributed by atoms with Crippen LogP contribution >= 0.6 is 0 Å². The summed E-state index contributed by atoms with van der Waals surface area (Å²) in [5.41, 5.74) is 3.02. The van der Waals surface area contributed by atoms with Gasteiger partial charge in [-0.05, 0) is 29.8 Å². The molecule has 0 bridgehead atoms. The normalized spacial score (nSPS) is 13.5. The zero-order valence-electron chi connectivity index (χ0n) is 13.3. The second-order valence-electron chi connectivity index (χ2n) is 5.90. The van der Waals surface area contributed by atoms with Gasteiger partial charge in [-0.15, -0.1) is 0 Å². The number of nitrogens with zero attached hydrogens (tertiary/aromatic N) is 2. The van der Waals surface area contributed by atoms with Crippen LogP contribution < -0.4 is 10.6 Å². The van der Waals surface area contributed by atoms with Crippen molar-refractivity contribution in [3.63, 3.8) is 0 Å². The van der Waals surface area contributed by atoms with Crippen LogP contribution in [-0.2, 0) is 19.6 Å². The van der Waals surface area contributed by atoms with Crippen LogP contribution in [-0.4, -0.2) is 16.1 Å². The van der Waals surface area contributed by atoms with Crippen molar-refractivity contribution in [2.75, 3.05) is 11.9 Å². The Morgan fingerprint density at radius 1 is 1.08 bits per heavy atom. The van der Waals surface area contributed by atoms with Gasteiger partial charge >= 0.3 is 0 Å². The van der Waals surface area contributed by atoms with Crippen LogP contribution in [0.1, 0.15) is 11.4 Å². The molecule has 1 aromatic heterocycles. The summed E-state index contributed by atoms with van der Waals surface area (Å²) in [7, 11) is 0. The molecule has 2 aromatic carbocycles. The molecule has 122 valence electrons. The lowest BCUT2D eigenvalue weighted by atomic mass is 10.1. The molecule has 0 amide bonds. The molecule has 0 aliphatic carbocycles. The van der Waals surface area contributed by atoms with Crippen molar-refractivity contribution in [3.8, 4) is 11.3 Å². The zero-order chi connectivity index (χ0) is 16.4. The highest BCUT2D eigenvalue weighted by molar-refractivity contribution is 5.73. The molecule has 0 atom stereocenters. The van der Waals surface area contributed by atoms with Gasteiger partial charge in [-0.1, -0.05) is 30.3 Å². The Morgan fingerprint density at radius 2 is 1.88 bits per heavy atom. The average molecular weight is 322 g/mol. The predicted molar refractivity (Wildman–Crippen MR) is 93.1 cm³/mol. The monoisotopic (exact) mass is 322 g/mol. The van der Waals surface area contributed by atoms with E-state index in [1.54, 1.807) is 12.1 Å². The topological polar surface area (TPSA) is 41.9 Å². The standard InChI is InChI=1S/C19H19FN4/c20-16-8-6-15(7-9-16)18-19(22-12-14-4-2-1-3-5-14)24-11-10-21-13-17(24)23-18/h1-9,21-22H,10-13H2. The molecule has 0 spiro atoms. The first kappa shape index (κ1) is 14.9. The SMILES string of the molecule is Fc1ccc(-c2nc3n(c2NCc2ccccc2)CCNC3)cc1. The summed E-state index contributed by atoms with van der Waals surface area (Å²) in [6.07, 6.45) is 0. The van der Waals surface area contributed by atoms with Crippen molar-refractivity contribution in [1.29, 1.82) is 0 Å². The molecule has 0 fully saturated rings. The van der Waals surface area contributed by atoms with Gasteiger partial charge in [-0.3, -0.25) is 0 Å². The van der Waals surface area contributed by atoms with E-state index in [0.29, 0.717) is 0 Å². The Labute approximate surface area is 140 Å². The molecule has 5 heteroatoms. The number of hydrogen-bond acceptors (Lipinski definition) is 3. The minimum atomic E-state index is -0.233. The van der Waals surface area contributed by atoms with E-state index in [1.165, 1.54) is 17.7 Å². The predicted octanol–water partition coefficient (Wildman–Crippen LogP) is 3.40. The molecular formula is C19H19FN4. The summed E-state index contributed by atoms with van der Waals surface area (Å²) in [6.45, 7) is 3.28. The smallest absolute Gasteiger partial charge is 0.134 e. The van der Waals surface area contributed by atoms with Gasteiger partial charge < -0.3 is 15.2 Å². The molecule has 1 aliphatic heterocycles. The molecule has 0 saturated heterocycles. The maximum Gasteiger partial charge on any atom is 0.134 e. The highest BCUT2D eigenvalue weighted by atomic mass is 19.1. The molecule has 2 heterocycles. The number of hydrogen-bond donors (Lipinski definition) is 2. The van der Waals surface area contributed by atoms with Gasteiger partial charge in [-0.25, -0.2) is 9.37 Å². The molecular weight excluding hydrogens is 303 g/mol. The Kier molecular flexibility index (Phi) is 4.01. The largest absolute Gasteiger partial charge is 0.366 e. The lowest BCUT2D eigenvalue weighted by Gasteiger charge is -2.18. The molecule has 3 aromatic rings. The molecule has 4 rings (SSSR count). The third kappa shape index (κ3) is 2.90. The lowest BCUT2D eigenvalue weighted by molar-refractivity contribution is 0.508. The van der Waals surface area contributed by atoms with E-state index in [1.807, 2.05) is 18.2 Å². The van der Waals surface area contributed by atoms with Crippen LogP contribution in [0.15, 0.2) is 54.6 Å². The fourth-order valence-electron chi connectivity index (χ4n) is 3.04. The number of imidazole rings is 1. The highest BCUT2D eigenvalue weighted by Crippen LogP contribution is 2.30. The van der Waals surface area contributed by atoms with Crippen molar-refractivity contribution in [1.82, 2.24) is 14.9 Å². The number of nitrogens with one attached hydrogen (secondary N) is 2. The minimum Gasteiger partial charge on any atom is -0.366 e. The summed E-state index contributed by atoms with van der Waals surface area (Å²) < 4.78 is 15.5. The first-order valence-corrected chi connectivity index (χ1v) is 8.15. The molecule has 0 unspecified atom stereocenters. The average Bonchev–Trinajstić information content (AvgIpc) is 3.00. The number of aromatic nitrogens is 2. The van der Waals surface area contributed by atoms with Crippen LogP contribution in [0.2, 0.25) is 0 Å². The van der Waals surface area contributed by atoms with Crippen molar-refractivity contribution in [2.24, 2.45) is 0 Å². The molecule has 1 aliphatic rings. The minimum absolute atomic E-state index is 0.233. The summed E-state index contributed by atoms with van der Waals surface area (Å²) in [5, 5.41) is 6.87. The van der Waals surface area contributed by atoms with Crippen molar-refractivity contribution in [3.05, 3.63) is 71.8 Å². The molecule has 0 radical (unpaired) electrons. The third-order valence-corrected chi connectivity index (χ3v) is 4.26. The number of anilines is 1. The van der Waals surface area contributed by atoms with E-state index < -0.39 is 0 Å². The molecule has 0 saturated carbocycles. The van der Waals surface area contributed by atoms with Crippen molar-refractivity contribution in [2.45, 2.75) is 19.6 Å². The van der Waals surface area contributed by atoms with E-state index in [-0.39, 0.29) is 5.82 Å². The van der Waals surface area contributed by atoms with Crippen LogP contribution in [0.5, 0.6) is 0 Å². The van der Waals surface area contributed by atoms with Crippen molar-refractivity contribution < 1.29 is 4.39 Å². The van der Waals surface area contributed by atoms with E-state index in [2.05, 4.69) is 27.3 Å². The van der Waals surface area contributed by atoms with Gasteiger partial charge in [-0.2, -0.15) is 0 Å². The van der Waals surface area contributed by atoms with E-state index >= 15 is 0 Å².